The van der Waals surface area contributed by atoms with Crippen molar-refractivity contribution in [3.63, 3.8) is 0 Å². The van der Waals surface area contributed by atoms with Gasteiger partial charge in [-0.2, -0.15) is 0 Å². The molecule has 0 N–H and O–H groups in total. The lowest BCUT2D eigenvalue weighted by Gasteiger charge is -1.99. The summed E-state index contributed by atoms with van der Waals surface area (Å²) in [5, 5.41) is 0. The van der Waals surface area contributed by atoms with Crippen molar-refractivity contribution in [3.05, 3.63) is 35.9 Å². The van der Waals surface area contributed by atoms with E-state index < -0.39 is 4.33 Å². The number of hydrogen-bond donors (Lipinski definition) is 0. The Hall–Kier alpha value is -0.200. The molecule has 2 heteroatoms. The molecule has 1 saturated carbocycles. The van der Waals surface area contributed by atoms with Gasteiger partial charge in [-0.1, -0.05) is 62.9 Å². The first kappa shape index (κ1) is 13.2. The second-order valence-corrected chi connectivity index (χ2v) is 6.46. The lowest BCUT2D eigenvalue weighted by atomic mass is 10.1. The number of hydrogen-bond acceptors (Lipinski definition) is 0. The second-order valence-electron chi connectivity index (χ2n) is 5.02. The topological polar surface area (TPSA) is 0 Å². The minimum absolute atomic E-state index is 0.341. The number of halogens is 2. The van der Waals surface area contributed by atoms with Crippen LogP contribution in [0.2, 0.25) is 0 Å². The maximum Gasteiger partial charge on any atom is 0.129 e. The molecular weight excluding hydrogens is 251 g/mol. The zero-order valence-corrected chi connectivity index (χ0v) is 11.8. The fourth-order valence-electron chi connectivity index (χ4n) is 2.66. The van der Waals surface area contributed by atoms with Crippen molar-refractivity contribution >= 4 is 23.2 Å². The van der Waals surface area contributed by atoms with Gasteiger partial charge in [0.05, 0.1) is 0 Å². The van der Waals surface area contributed by atoms with Gasteiger partial charge in [-0.3, -0.25) is 0 Å². The van der Waals surface area contributed by atoms with E-state index in [4.69, 9.17) is 23.2 Å². The summed E-state index contributed by atoms with van der Waals surface area (Å²) in [5.41, 5.74) is 1.29. The normalized spacial score (nSPS) is 25.8. The van der Waals surface area contributed by atoms with Crippen molar-refractivity contribution in [1.82, 2.24) is 0 Å². The molecule has 94 valence electrons. The Morgan fingerprint density at radius 3 is 2.41 bits per heavy atom. The zero-order valence-electron chi connectivity index (χ0n) is 10.3. The Kier molecular flexibility index (Phi) is 4.38. The Morgan fingerprint density at radius 1 is 1.06 bits per heavy atom. The molecule has 2 atom stereocenters. The molecule has 1 fully saturated rings. The van der Waals surface area contributed by atoms with Crippen LogP contribution in [0.4, 0.5) is 0 Å². The van der Waals surface area contributed by atoms with Gasteiger partial charge in [0.15, 0.2) is 0 Å². The van der Waals surface area contributed by atoms with Crippen LogP contribution < -0.4 is 0 Å². The standard InChI is InChI=1S/C15H20Cl2/c1-2-3-4-8-11-13-14(15(13,16)17)12-9-6-5-7-10-12/h5-7,9-10,13-14H,2-4,8,11H2,1H3. The van der Waals surface area contributed by atoms with Crippen LogP contribution in [0.5, 0.6) is 0 Å². The predicted octanol–water partition coefficient (Wildman–Crippen LogP) is 5.54. The molecule has 0 nitrogen and oxygen atoms in total. The van der Waals surface area contributed by atoms with Gasteiger partial charge in [0, 0.05) is 11.8 Å². The molecule has 17 heavy (non-hydrogen) atoms. The molecule has 0 aliphatic heterocycles. The summed E-state index contributed by atoms with van der Waals surface area (Å²) < 4.78 is -0.520. The quantitative estimate of drug-likeness (QED) is 0.470. The third-order valence-corrected chi connectivity index (χ3v) is 4.76. The Balaban J connectivity index is 1.88. The van der Waals surface area contributed by atoms with Crippen molar-refractivity contribution in [3.8, 4) is 0 Å². The highest BCUT2D eigenvalue weighted by Crippen LogP contribution is 2.66. The van der Waals surface area contributed by atoms with Crippen molar-refractivity contribution in [2.75, 3.05) is 0 Å². The van der Waals surface area contributed by atoms with Gasteiger partial charge in [0.2, 0.25) is 0 Å². The van der Waals surface area contributed by atoms with E-state index in [9.17, 15) is 0 Å². The van der Waals surface area contributed by atoms with Gasteiger partial charge in [-0.05, 0) is 12.0 Å². The third-order valence-electron chi connectivity index (χ3n) is 3.73. The molecule has 0 radical (unpaired) electrons. The maximum atomic E-state index is 6.39. The van der Waals surface area contributed by atoms with Gasteiger partial charge >= 0.3 is 0 Å². The van der Waals surface area contributed by atoms with E-state index in [1.165, 1.54) is 31.2 Å². The summed E-state index contributed by atoms with van der Waals surface area (Å²) in [7, 11) is 0. The first-order valence-electron chi connectivity index (χ1n) is 6.60. The largest absolute Gasteiger partial charge is 0.129 e. The summed E-state index contributed by atoms with van der Waals surface area (Å²) in [4.78, 5) is 0. The van der Waals surface area contributed by atoms with Crippen LogP contribution in [-0.4, -0.2) is 4.33 Å². The molecule has 1 aromatic rings. The molecule has 0 heterocycles. The van der Waals surface area contributed by atoms with E-state index in [0.29, 0.717) is 11.8 Å². The molecule has 0 amide bonds. The minimum Gasteiger partial charge on any atom is -0.101 e. The first-order valence-corrected chi connectivity index (χ1v) is 7.36. The summed E-state index contributed by atoms with van der Waals surface area (Å²) in [6.45, 7) is 2.23. The summed E-state index contributed by atoms with van der Waals surface area (Å²) >= 11 is 12.8. The van der Waals surface area contributed by atoms with Gasteiger partial charge in [-0.15, -0.1) is 23.2 Å². The number of benzene rings is 1. The number of unbranched alkanes of at least 4 members (excludes halogenated alkanes) is 3. The second kappa shape index (κ2) is 5.63. The molecule has 0 bridgehead atoms. The zero-order chi connectivity index (χ0) is 12.3. The monoisotopic (exact) mass is 270 g/mol. The number of alkyl halides is 2. The lowest BCUT2D eigenvalue weighted by molar-refractivity contribution is 0.586. The van der Waals surface area contributed by atoms with Gasteiger partial charge in [0.25, 0.3) is 0 Å². The van der Waals surface area contributed by atoms with E-state index >= 15 is 0 Å². The van der Waals surface area contributed by atoms with Gasteiger partial charge in [-0.25, -0.2) is 0 Å². The van der Waals surface area contributed by atoms with Gasteiger partial charge in [0.1, 0.15) is 4.33 Å². The molecule has 0 aromatic heterocycles. The molecule has 2 unspecified atom stereocenters. The highest BCUT2D eigenvalue weighted by Gasteiger charge is 2.62. The van der Waals surface area contributed by atoms with Crippen LogP contribution >= 0.6 is 23.2 Å². The molecule has 1 aromatic carbocycles. The average Bonchev–Trinajstić information content (AvgIpc) is 2.88. The van der Waals surface area contributed by atoms with E-state index in [0.717, 1.165) is 6.42 Å². The van der Waals surface area contributed by atoms with Crippen LogP contribution in [0.15, 0.2) is 30.3 Å². The highest BCUT2D eigenvalue weighted by molar-refractivity contribution is 6.51. The van der Waals surface area contributed by atoms with Crippen molar-refractivity contribution in [1.29, 1.82) is 0 Å². The van der Waals surface area contributed by atoms with Crippen molar-refractivity contribution in [2.24, 2.45) is 5.92 Å². The van der Waals surface area contributed by atoms with Crippen molar-refractivity contribution in [2.45, 2.75) is 49.3 Å². The summed E-state index contributed by atoms with van der Waals surface area (Å²) in [6.07, 6.45) is 6.31. The molecule has 0 spiro atoms. The molecule has 1 aliphatic rings. The van der Waals surface area contributed by atoms with E-state index in [-0.39, 0.29) is 0 Å². The van der Waals surface area contributed by atoms with E-state index in [1.807, 2.05) is 6.07 Å². The average molecular weight is 271 g/mol. The minimum atomic E-state index is -0.520. The van der Waals surface area contributed by atoms with E-state index in [1.54, 1.807) is 0 Å². The molecule has 2 rings (SSSR count). The predicted molar refractivity (Wildman–Crippen MR) is 75.9 cm³/mol. The molecule has 0 saturated heterocycles. The summed E-state index contributed by atoms with van der Waals surface area (Å²) in [5.74, 6) is 0.791. The van der Waals surface area contributed by atoms with Crippen LogP contribution in [0.25, 0.3) is 0 Å². The summed E-state index contributed by atoms with van der Waals surface area (Å²) in [6, 6.07) is 10.4. The molecular formula is C15H20Cl2. The Labute approximate surface area is 114 Å². The fourth-order valence-corrected chi connectivity index (χ4v) is 3.56. The highest BCUT2D eigenvalue weighted by atomic mass is 35.5. The van der Waals surface area contributed by atoms with E-state index in [2.05, 4.69) is 31.2 Å². The van der Waals surface area contributed by atoms with Crippen LogP contribution in [0.1, 0.15) is 50.5 Å². The Morgan fingerprint density at radius 2 is 1.76 bits per heavy atom. The van der Waals surface area contributed by atoms with Gasteiger partial charge < -0.3 is 0 Å². The Bertz CT molecular complexity index is 345. The SMILES string of the molecule is CCCCCCC1C(c2ccccc2)C1(Cl)Cl. The third kappa shape index (κ3) is 2.98. The fraction of sp³-hybridized carbons (Fsp3) is 0.600. The van der Waals surface area contributed by atoms with Crippen molar-refractivity contribution < 1.29 is 0 Å². The number of rotatable bonds is 6. The molecule has 1 aliphatic carbocycles. The van der Waals surface area contributed by atoms with Crippen LogP contribution in [0, 0.1) is 5.92 Å². The van der Waals surface area contributed by atoms with Crippen LogP contribution in [0.3, 0.4) is 0 Å². The van der Waals surface area contributed by atoms with Crippen LogP contribution in [-0.2, 0) is 0 Å². The lowest BCUT2D eigenvalue weighted by Crippen LogP contribution is -1.90. The first-order chi connectivity index (χ1) is 8.18. The smallest absolute Gasteiger partial charge is 0.101 e. The maximum absolute atomic E-state index is 6.39.